The van der Waals surface area contributed by atoms with Gasteiger partial charge >= 0.3 is 0 Å². The summed E-state index contributed by atoms with van der Waals surface area (Å²) in [7, 11) is -3.79. The lowest BCUT2D eigenvalue weighted by Crippen LogP contribution is -2.52. The number of piperidine rings is 1. The van der Waals surface area contributed by atoms with Gasteiger partial charge in [0.15, 0.2) is 0 Å². The summed E-state index contributed by atoms with van der Waals surface area (Å²) in [6, 6.07) is 26.1. The average Bonchev–Trinajstić information content (AvgIpc) is 2.85. The normalized spacial score (nSPS) is 18.5. The van der Waals surface area contributed by atoms with Crippen molar-refractivity contribution in [2.24, 2.45) is 5.92 Å². The third-order valence-electron chi connectivity index (χ3n) is 6.05. The second-order valence-electron chi connectivity index (χ2n) is 8.46. The molecule has 2 atom stereocenters. The molecule has 1 amide bonds. The summed E-state index contributed by atoms with van der Waals surface area (Å²) in [6.45, 7) is 1.40. The Morgan fingerprint density at radius 1 is 0.912 bits per heavy atom. The lowest BCUT2D eigenvalue weighted by Gasteiger charge is -2.30. The molecule has 34 heavy (non-hydrogen) atoms. The van der Waals surface area contributed by atoms with Crippen LogP contribution in [0.2, 0.25) is 5.02 Å². The molecule has 3 N–H and O–H groups in total. The van der Waals surface area contributed by atoms with Crippen molar-refractivity contribution in [2.75, 3.05) is 19.6 Å². The molecule has 0 radical (unpaired) electrons. The van der Waals surface area contributed by atoms with Crippen LogP contribution in [0.15, 0.2) is 89.8 Å². The van der Waals surface area contributed by atoms with E-state index in [0.717, 1.165) is 11.1 Å². The monoisotopic (exact) mass is 497 g/mol. The van der Waals surface area contributed by atoms with Crippen LogP contribution in [-0.4, -0.2) is 40.0 Å². The maximum Gasteiger partial charge on any atom is 0.242 e. The Kier molecular flexibility index (Phi) is 8.00. The Hall–Kier alpha value is -2.71. The number of rotatable bonds is 8. The first-order valence-electron chi connectivity index (χ1n) is 11.3. The van der Waals surface area contributed by atoms with E-state index in [9.17, 15) is 13.2 Å². The summed E-state index contributed by atoms with van der Waals surface area (Å²) in [6.07, 6.45) is 0.407. The Labute approximate surface area is 205 Å². The first-order valence-corrected chi connectivity index (χ1v) is 13.2. The highest BCUT2D eigenvalue weighted by atomic mass is 35.5. The smallest absolute Gasteiger partial charge is 0.242 e. The molecule has 3 aromatic carbocycles. The fourth-order valence-corrected chi connectivity index (χ4v) is 6.09. The lowest BCUT2D eigenvalue weighted by atomic mass is 9.90. The summed E-state index contributed by atoms with van der Waals surface area (Å²) in [4.78, 5) is 13.1. The van der Waals surface area contributed by atoms with E-state index in [2.05, 4.69) is 39.6 Å². The van der Waals surface area contributed by atoms with E-state index in [1.807, 2.05) is 36.4 Å². The SMILES string of the molecule is O=C(NCC(c1ccccc1)c1ccccc1)[C@@H]1CNC[C@@H](NS(=O)(=O)c2ccccc2Cl)C1. The van der Waals surface area contributed by atoms with Crippen molar-refractivity contribution >= 4 is 27.5 Å². The predicted octanol–water partition coefficient (Wildman–Crippen LogP) is 3.54. The average molecular weight is 498 g/mol. The molecule has 0 saturated carbocycles. The fraction of sp³-hybridized carbons (Fsp3) is 0.269. The minimum Gasteiger partial charge on any atom is -0.355 e. The Morgan fingerprint density at radius 2 is 1.50 bits per heavy atom. The summed E-state index contributed by atoms with van der Waals surface area (Å²) in [5, 5.41) is 6.45. The molecule has 1 aliphatic rings. The van der Waals surface area contributed by atoms with Crippen molar-refractivity contribution < 1.29 is 13.2 Å². The first kappa shape index (κ1) is 24.4. The van der Waals surface area contributed by atoms with Crippen LogP contribution in [0.5, 0.6) is 0 Å². The van der Waals surface area contributed by atoms with Gasteiger partial charge in [-0.15, -0.1) is 0 Å². The molecule has 1 aliphatic heterocycles. The highest BCUT2D eigenvalue weighted by molar-refractivity contribution is 7.89. The number of hydrogen-bond donors (Lipinski definition) is 3. The largest absolute Gasteiger partial charge is 0.355 e. The van der Waals surface area contributed by atoms with Gasteiger partial charge in [0.05, 0.1) is 10.9 Å². The zero-order valence-corrected chi connectivity index (χ0v) is 20.2. The van der Waals surface area contributed by atoms with Crippen LogP contribution in [0, 0.1) is 5.92 Å². The molecule has 0 aromatic heterocycles. The molecule has 178 valence electrons. The maximum atomic E-state index is 13.1. The summed E-state index contributed by atoms with van der Waals surface area (Å²) >= 11 is 6.08. The predicted molar refractivity (Wildman–Crippen MR) is 134 cm³/mol. The summed E-state index contributed by atoms with van der Waals surface area (Å²) < 4.78 is 28.3. The number of carbonyl (C=O) groups is 1. The zero-order chi connectivity index (χ0) is 24.0. The molecule has 0 spiro atoms. The molecule has 0 aliphatic carbocycles. The number of hydrogen-bond acceptors (Lipinski definition) is 4. The molecular weight excluding hydrogens is 470 g/mol. The van der Waals surface area contributed by atoms with Crippen molar-refractivity contribution in [3.63, 3.8) is 0 Å². The number of carbonyl (C=O) groups excluding carboxylic acids is 1. The van der Waals surface area contributed by atoms with E-state index in [4.69, 9.17) is 11.6 Å². The second kappa shape index (κ2) is 11.1. The first-order chi connectivity index (χ1) is 16.4. The maximum absolute atomic E-state index is 13.1. The standard InChI is InChI=1S/C26H28ClN3O3S/c27-24-13-7-8-14-25(24)34(32,33)30-22-15-21(16-28-17-22)26(31)29-18-23(19-9-3-1-4-10-19)20-11-5-2-6-12-20/h1-14,21-23,28,30H,15-18H2,(H,29,31)/t21-,22-/m0/s1. The van der Waals surface area contributed by atoms with Gasteiger partial charge in [-0.1, -0.05) is 84.4 Å². The molecule has 1 fully saturated rings. The van der Waals surface area contributed by atoms with Crippen molar-refractivity contribution in [3.8, 4) is 0 Å². The summed E-state index contributed by atoms with van der Waals surface area (Å²) in [5.41, 5.74) is 2.25. The lowest BCUT2D eigenvalue weighted by molar-refractivity contribution is -0.125. The van der Waals surface area contributed by atoms with Crippen LogP contribution in [0.25, 0.3) is 0 Å². The third-order valence-corrected chi connectivity index (χ3v) is 8.07. The van der Waals surface area contributed by atoms with Crippen molar-refractivity contribution in [1.82, 2.24) is 15.4 Å². The van der Waals surface area contributed by atoms with Gasteiger partial charge in [-0.05, 0) is 29.7 Å². The zero-order valence-electron chi connectivity index (χ0n) is 18.7. The quantitative estimate of drug-likeness (QED) is 0.444. The fourth-order valence-electron chi connectivity index (χ4n) is 4.32. The molecule has 3 aromatic rings. The van der Waals surface area contributed by atoms with E-state index in [1.165, 1.54) is 6.07 Å². The van der Waals surface area contributed by atoms with Gasteiger partial charge in [0.2, 0.25) is 15.9 Å². The minimum absolute atomic E-state index is 0.0254. The Morgan fingerprint density at radius 3 is 2.12 bits per heavy atom. The van der Waals surface area contributed by atoms with E-state index in [0.29, 0.717) is 26.1 Å². The van der Waals surface area contributed by atoms with Gasteiger partial charge in [0.25, 0.3) is 0 Å². The van der Waals surface area contributed by atoms with E-state index >= 15 is 0 Å². The van der Waals surface area contributed by atoms with Gasteiger partial charge in [-0.3, -0.25) is 4.79 Å². The molecule has 6 nitrogen and oxygen atoms in total. The van der Waals surface area contributed by atoms with Gasteiger partial charge < -0.3 is 10.6 Å². The number of sulfonamides is 1. The van der Waals surface area contributed by atoms with Gasteiger partial charge in [0, 0.05) is 31.6 Å². The second-order valence-corrected chi connectivity index (χ2v) is 10.5. The van der Waals surface area contributed by atoms with Crippen molar-refractivity contribution in [3.05, 3.63) is 101 Å². The number of halogens is 1. The molecule has 0 bridgehead atoms. The molecule has 4 rings (SSSR count). The van der Waals surface area contributed by atoms with E-state index in [-0.39, 0.29) is 27.7 Å². The highest BCUT2D eigenvalue weighted by Crippen LogP contribution is 2.25. The molecule has 1 heterocycles. The van der Waals surface area contributed by atoms with Gasteiger partial charge in [0.1, 0.15) is 4.90 Å². The molecular formula is C26H28ClN3O3S. The summed E-state index contributed by atoms with van der Waals surface area (Å²) in [5.74, 6) is -0.414. The van der Waals surface area contributed by atoms with E-state index in [1.54, 1.807) is 18.2 Å². The van der Waals surface area contributed by atoms with Crippen LogP contribution in [0.3, 0.4) is 0 Å². The van der Waals surface area contributed by atoms with E-state index < -0.39 is 16.1 Å². The molecule has 8 heteroatoms. The van der Waals surface area contributed by atoms with Crippen LogP contribution in [0.1, 0.15) is 23.5 Å². The Bertz CT molecular complexity index is 1170. The van der Waals surface area contributed by atoms with Crippen molar-refractivity contribution in [1.29, 1.82) is 0 Å². The highest BCUT2D eigenvalue weighted by Gasteiger charge is 2.31. The van der Waals surface area contributed by atoms with Gasteiger partial charge in [-0.25, -0.2) is 13.1 Å². The topological polar surface area (TPSA) is 87.3 Å². The van der Waals surface area contributed by atoms with Crippen LogP contribution in [0.4, 0.5) is 0 Å². The number of nitrogens with one attached hydrogen (secondary N) is 3. The number of benzene rings is 3. The molecule has 1 saturated heterocycles. The van der Waals surface area contributed by atoms with Crippen LogP contribution >= 0.6 is 11.6 Å². The van der Waals surface area contributed by atoms with Crippen molar-refractivity contribution in [2.45, 2.75) is 23.3 Å². The van der Waals surface area contributed by atoms with Gasteiger partial charge in [-0.2, -0.15) is 0 Å². The van der Waals surface area contributed by atoms with Crippen LogP contribution < -0.4 is 15.4 Å². The third kappa shape index (κ3) is 6.04. The van der Waals surface area contributed by atoms with Crippen LogP contribution in [-0.2, 0) is 14.8 Å². The minimum atomic E-state index is -3.79. The Balaban J connectivity index is 1.40. The molecule has 0 unspecified atom stereocenters. The number of amides is 1.